The van der Waals surface area contributed by atoms with Gasteiger partial charge in [-0.1, -0.05) is 42.8 Å². The monoisotopic (exact) mass is 458 g/mol. The van der Waals surface area contributed by atoms with E-state index in [-0.39, 0.29) is 17.8 Å². The molecule has 0 atom stereocenters. The van der Waals surface area contributed by atoms with Gasteiger partial charge in [-0.25, -0.2) is 4.68 Å². The maximum Gasteiger partial charge on any atom is 0.416 e. The third-order valence-corrected chi connectivity index (χ3v) is 4.68. The minimum atomic E-state index is -4.56. The molecular weight excluding hydrogens is 437 g/mol. The first-order chi connectivity index (χ1) is 15.6. The molecule has 0 aliphatic carbocycles. The third kappa shape index (κ3) is 6.06. The van der Waals surface area contributed by atoms with Crippen LogP contribution in [0.3, 0.4) is 0 Å². The molecule has 0 aliphatic heterocycles. The molecule has 7 nitrogen and oxygen atoms in total. The van der Waals surface area contributed by atoms with Crippen molar-refractivity contribution in [1.29, 1.82) is 0 Å². The number of anilines is 2. The zero-order valence-corrected chi connectivity index (χ0v) is 17.9. The second-order valence-corrected chi connectivity index (χ2v) is 7.30. The number of halogens is 3. The highest BCUT2D eigenvalue weighted by atomic mass is 19.4. The Morgan fingerprint density at radius 3 is 2.33 bits per heavy atom. The highest BCUT2D eigenvalue weighted by Crippen LogP contribution is 2.30. The first-order valence-corrected chi connectivity index (χ1v) is 10.0. The molecule has 0 unspecified atom stereocenters. The molecule has 0 spiro atoms. The first kappa shape index (κ1) is 23.7. The molecule has 0 radical (unpaired) electrons. The number of benzene rings is 2. The molecule has 2 aromatic carbocycles. The van der Waals surface area contributed by atoms with E-state index in [0.717, 1.165) is 22.4 Å². The SMILES string of the molecule is CCC(=O)Nc1cc(-c2ccc(C)cc2)nn(CC(=O)Nc2cccc(C(F)(F)F)c2)c1=O. The van der Waals surface area contributed by atoms with E-state index >= 15 is 0 Å². The normalized spacial score (nSPS) is 11.2. The quantitative estimate of drug-likeness (QED) is 0.578. The van der Waals surface area contributed by atoms with E-state index in [4.69, 9.17) is 0 Å². The smallest absolute Gasteiger partial charge is 0.324 e. The maximum atomic E-state index is 12.9. The molecule has 3 aromatic rings. The fraction of sp³-hybridized carbons (Fsp3) is 0.217. The van der Waals surface area contributed by atoms with Gasteiger partial charge in [-0.15, -0.1) is 0 Å². The van der Waals surface area contributed by atoms with Crippen LogP contribution in [-0.2, 0) is 22.3 Å². The highest BCUT2D eigenvalue weighted by Gasteiger charge is 2.30. The van der Waals surface area contributed by atoms with Gasteiger partial charge < -0.3 is 10.6 Å². The molecule has 10 heteroatoms. The molecule has 2 N–H and O–H groups in total. The van der Waals surface area contributed by atoms with Crippen LogP contribution in [0, 0.1) is 6.92 Å². The summed E-state index contributed by atoms with van der Waals surface area (Å²) in [5.74, 6) is -1.15. The second-order valence-electron chi connectivity index (χ2n) is 7.30. The molecule has 0 bridgehead atoms. The van der Waals surface area contributed by atoms with Gasteiger partial charge in [-0.2, -0.15) is 18.3 Å². The van der Waals surface area contributed by atoms with Crippen molar-refractivity contribution in [2.75, 3.05) is 10.6 Å². The predicted octanol–water partition coefficient (Wildman–Crippen LogP) is 4.22. The molecule has 0 aliphatic rings. The molecule has 1 aromatic heterocycles. The van der Waals surface area contributed by atoms with Crippen LogP contribution in [0.4, 0.5) is 24.5 Å². The Morgan fingerprint density at radius 2 is 1.70 bits per heavy atom. The lowest BCUT2D eigenvalue weighted by Gasteiger charge is -2.13. The van der Waals surface area contributed by atoms with Crippen LogP contribution in [-0.4, -0.2) is 21.6 Å². The Hall–Kier alpha value is -3.95. The average molecular weight is 458 g/mol. The Balaban J connectivity index is 1.92. The zero-order chi connectivity index (χ0) is 24.2. The van der Waals surface area contributed by atoms with E-state index in [1.807, 2.05) is 19.1 Å². The Morgan fingerprint density at radius 1 is 1.00 bits per heavy atom. The Kier molecular flexibility index (Phi) is 6.95. The van der Waals surface area contributed by atoms with E-state index in [1.54, 1.807) is 19.1 Å². The molecular formula is C23H21F3N4O3. The van der Waals surface area contributed by atoms with Gasteiger partial charge in [0.25, 0.3) is 5.56 Å². The Labute approximate surface area is 187 Å². The van der Waals surface area contributed by atoms with Crippen molar-refractivity contribution in [3.8, 4) is 11.3 Å². The van der Waals surface area contributed by atoms with E-state index in [2.05, 4.69) is 15.7 Å². The van der Waals surface area contributed by atoms with Crippen molar-refractivity contribution < 1.29 is 22.8 Å². The number of nitrogens with one attached hydrogen (secondary N) is 2. The molecule has 33 heavy (non-hydrogen) atoms. The maximum absolute atomic E-state index is 12.9. The summed E-state index contributed by atoms with van der Waals surface area (Å²) in [6.45, 7) is 2.96. The van der Waals surface area contributed by atoms with Crippen molar-refractivity contribution in [1.82, 2.24) is 9.78 Å². The van der Waals surface area contributed by atoms with Crippen molar-refractivity contribution in [3.63, 3.8) is 0 Å². The number of hydrogen-bond acceptors (Lipinski definition) is 4. The van der Waals surface area contributed by atoms with Crippen molar-refractivity contribution in [2.24, 2.45) is 0 Å². The Bertz CT molecular complexity index is 1230. The predicted molar refractivity (Wildman–Crippen MR) is 118 cm³/mol. The summed E-state index contributed by atoms with van der Waals surface area (Å²) >= 11 is 0. The summed E-state index contributed by atoms with van der Waals surface area (Å²) in [5, 5.41) is 9.06. The van der Waals surface area contributed by atoms with Crippen molar-refractivity contribution >= 4 is 23.2 Å². The fourth-order valence-corrected chi connectivity index (χ4v) is 2.95. The molecule has 172 valence electrons. The van der Waals surface area contributed by atoms with E-state index in [9.17, 15) is 27.6 Å². The number of amides is 2. The number of aryl methyl sites for hydroxylation is 1. The van der Waals surface area contributed by atoms with Gasteiger partial charge in [-0.3, -0.25) is 14.4 Å². The van der Waals surface area contributed by atoms with Gasteiger partial charge in [0.1, 0.15) is 12.2 Å². The largest absolute Gasteiger partial charge is 0.416 e. The zero-order valence-electron chi connectivity index (χ0n) is 17.9. The minimum absolute atomic E-state index is 0.0562. The number of nitrogens with zero attached hydrogens (tertiary/aromatic N) is 2. The van der Waals surface area contributed by atoms with Crippen LogP contribution in [0.2, 0.25) is 0 Å². The van der Waals surface area contributed by atoms with Gasteiger partial charge in [-0.05, 0) is 31.2 Å². The van der Waals surface area contributed by atoms with Crippen LogP contribution in [0.5, 0.6) is 0 Å². The lowest BCUT2D eigenvalue weighted by Crippen LogP contribution is -2.32. The van der Waals surface area contributed by atoms with Crippen LogP contribution < -0.4 is 16.2 Å². The lowest BCUT2D eigenvalue weighted by atomic mass is 10.1. The lowest BCUT2D eigenvalue weighted by molar-refractivity contribution is -0.137. The number of carbonyl (C=O) groups is 2. The summed E-state index contributed by atoms with van der Waals surface area (Å²) < 4.78 is 39.6. The molecule has 1 heterocycles. The molecule has 2 amide bonds. The summed E-state index contributed by atoms with van der Waals surface area (Å²) in [5.41, 5.74) is 0.240. The second kappa shape index (κ2) is 9.68. The number of rotatable bonds is 6. The summed E-state index contributed by atoms with van der Waals surface area (Å²) in [7, 11) is 0. The summed E-state index contributed by atoms with van der Waals surface area (Å²) in [4.78, 5) is 37.1. The van der Waals surface area contributed by atoms with E-state index < -0.39 is 35.7 Å². The topological polar surface area (TPSA) is 93.1 Å². The van der Waals surface area contributed by atoms with Gasteiger partial charge >= 0.3 is 6.18 Å². The molecule has 0 saturated carbocycles. The number of hydrogen-bond donors (Lipinski definition) is 2. The number of aromatic nitrogens is 2. The molecule has 0 saturated heterocycles. The van der Waals surface area contributed by atoms with Crippen LogP contribution in [0.25, 0.3) is 11.3 Å². The van der Waals surface area contributed by atoms with Gasteiger partial charge in [0.2, 0.25) is 11.8 Å². The van der Waals surface area contributed by atoms with Crippen LogP contribution >= 0.6 is 0 Å². The molecule has 0 fully saturated rings. The number of carbonyl (C=O) groups excluding carboxylic acids is 2. The fourth-order valence-electron chi connectivity index (χ4n) is 2.95. The highest BCUT2D eigenvalue weighted by molar-refractivity contribution is 5.92. The van der Waals surface area contributed by atoms with E-state index in [0.29, 0.717) is 11.3 Å². The molecule has 3 rings (SSSR count). The van der Waals surface area contributed by atoms with Crippen molar-refractivity contribution in [3.05, 3.63) is 76.1 Å². The first-order valence-electron chi connectivity index (χ1n) is 10.0. The third-order valence-electron chi connectivity index (χ3n) is 4.68. The standard InChI is InChI=1S/C23H21F3N4O3/c1-3-20(31)28-19-12-18(15-9-7-14(2)8-10-15)29-30(22(19)33)13-21(32)27-17-6-4-5-16(11-17)23(24,25)26/h4-12H,3,13H2,1-2H3,(H,27,32)(H,28,31). The number of alkyl halides is 3. The minimum Gasteiger partial charge on any atom is -0.324 e. The van der Waals surface area contributed by atoms with Crippen molar-refractivity contribution in [2.45, 2.75) is 33.0 Å². The van der Waals surface area contributed by atoms with Gasteiger partial charge in [0.05, 0.1) is 11.3 Å². The van der Waals surface area contributed by atoms with Crippen LogP contribution in [0.15, 0.2) is 59.4 Å². The summed E-state index contributed by atoms with van der Waals surface area (Å²) in [6, 6.07) is 12.8. The average Bonchev–Trinajstić information content (AvgIpc) is 2.76. The summed E-state index contributed by atoms with van der Waals surface area (Å²) in [6.07, 6.45) is -4.42. The van der Waals surface area contributed by atoms with Gasteiger partial charge in [0, 0.05) is 17.7 Å². The van der Waals surface area contributed by atoms with E-state index in [1.165, 1.54) is 18.2 Å². The van der Waals surface area contributed by atoms with Crippen LogP contribution in [0.1, 0.15) is 24.5 Å². The van der Waals surface area contributed by atoms with Gasteiger partial charge in [0.15, 0.2) is 0 Å².